The Morgan fingerprint density at radius 1 is 1.53 bits per heavy atom. The van der Waals surface area contributed by atoms with Crippen LogP contribution in [0.3, 0.4) is 0 Å². The van der Waals surface area contributed by atoms with Crippen molar-refractivity contribution in [3.05, 3.63) is 35.4 Å². The lowest BCUT2D eigenvalue weighted by atomic mass is 10.1. The van der Waals surface area contributed by atoms with Crippen LogP contribution < -0.4 is 5.32 Å². The van der Waals surface area contributed by atoms with Crippen LogP contribution in [0.2, 0.25) is 0 Å². The number of aryl methyl sites for hydroxylation is 1. The highest BCUT2D eigenvalue weighted by molar-refractivity contribution is 7.84. The fraction of sp³-hybridized carbons (Fsp3) is 0.500. The standard InChI is InChI=1S/C14H20N2O2S/c1-10-5-4-6-12(7-10)14-15-8-13(17)16(14)11(2)9-19(3)18/h4-7,11,14-15H,8-9H2,1-3H3. The van der Waals surface area contributed by atoms with Crippen LogP contribution in [-0.2, 0) is 15.6 Å². The molecule has 104 valence electrons. The quantitative estimate of drug-likeness (QED) is 0.901. The molecular weight excluding hydrogens is 260 g/mol. The van der Waals surface area contributed by atoms with E-state index in [1.54, 1.807) is 6.26 Å². The van der Waals surface area contributed by atoms with Crippen molar-refractivity contribution in [2.24, 2.45) is 0 Å². The van der Waals surface area contributed by atoms with Crippen LogP contribution in [0.5, 0.6) is 0 Å². The molecule has 1 heterocycles. The van der Waals surface area contributed by atoms with E-state index >= 15 is 0 Å². The first kappa shape index (κ1) is 14.2. The van der Waals surface area contributed by atoms with Gasteiger partial charge >= 0.3 is 0 Å². The second-order valence-electron chi connectivity index (χ2n) is 5.09. The molecule has 19 heavy (non-hydrogen) atoms. The Hall–Kier alpha value is -1.20. The van der Waals surface area contributed by atoms with Crippen molar-refractivity contribution in [2.75, 3.05) is 18.6 Å². The largest absolute Gasteiger partial charge is 0.318 e. The normalized spacial score (nSPS) is 22.6. The van der Waals surface area contributed by atoms with Gasteiger partial charge in [-0.1, -0.05) is 29.8 Å². The fourth-order valence-corrected chi connectivity index (χ4v) is 3.40. The predicted molar refractivity (Wildman–Crippen MR) is 77.2 cm³/mol. The van der Waals surface area contributed by atoms with Gasteiger partial charge in [-0.25, -0.2) is 0 Å². The Morgan fingerprint density at radius 3 is 2.89 bits per heavy atom. The third kappa shape index (κ3) is 3.22. The lowest BCUT2D eigenvalue weighted by Gasteiger charge is -2.30. The van der Waals surface area contributed by atoms with E-state index in [-0.39, 0.29) is 18.1 Å². The summed E-state index contributed by atoms with van der Waals surface area (Å²) in [6.45, 7) is 4.34. The Balaban J connectivity index is 2.24. The number of nitrogens with zero attached hydrogens (tertiary/aromatic N) is 1. The molecule has 1 aliphatic rings. The van der Waals surface area contributed by atoms with Crippen LogP contribution in [0.1, 0.15) is 24.2 Å². The molecule has 1 saturated heterocycles. The molecule has 2 rings (SSSR count). The molecule has 0 bridgehead atoms. The summed E-state index contributed by atoms with van der Waals surface area (Å²) in [5, 5.41) is 3.23. The zero-order valence-corrected chi connectivity index (χ0v) is 12.4. The number of amides is 1. The number of carbonyl (C=O) groups is 1. The average Bonchev–Trinajstić information content (AvgIpc) is 2.70. The molecule has 0 saturated carbocycles. The van der Waals surface area contributed by atoms with Gasteiger partial charge in [0.1, 0.15) is 6.17 Å². The zero-order chi connectivity index (χ0) is 14.0. The van der Waals surface area contributed by atoms with Gasteiger partial charge in [-0.3, -0.25) is 14.3 Å². The molecule has 1 fully saturated rings. The third-order valence-electron chi connectivity index (χ3n) is 3.32. The highest BCUT2D eigenvalue weighted by atomic mass is 32.2. The Bertz CT molecular complexity index is 504. The second kappa shape index (κ2) is 5.84. The van der Waals surface area contributed by atoms with Gasteiger partial charge in [0, 0.05) is 28.9 Å². The number of hydrogen-bond donors (Lipinski definition) is 1. The van der Waals surface area contributed by atoms with Crippen LogP contribution >= 0.6 is 0 Å². The van der Waals surface area contributed by atoms with E-state index in [0.29, 0.717) is 12.3 Å². The van der Waals surface area contributed by atoms with Crippen molar-refractivity contribution in [3.63, 3.8) is 0 Å². The topological polar surface area (TPSA) is 49.4 Å². The van der Waals surface area contributed by atoms with Gasteiger partial charge in [0.05, 0.1) is 6.54 Å². The summed E-state index contributed by atoms with van der Waals surface area (Å²) in [5.41, 5.74) is 2.25. The van der Waals surface area contributed by atoms with E-state index < -0.39 is 10.8 Å². The minimum atomic E-state index is -0.904. The van der Waals surface area contributed by atoms with Crippen LogP contribution in [-0.4, -0.2) is 39.6 Å². The lowest BCUT2D eigenvalue weighted by Crippen LogP contribution is -2.40. The first-order chi connectivity index (χ1) is 8.99. The Kier molecular flexibility index (Phi) is 4.37. The molecule has 3 unspecified atom stereocenters. The number of carbonyl (C=O) groups excluding carboxylic acids is 1. The summed E-state index contributed by atoms with van der Waals surface area (Å²) in [7, 11) is -0.904. The van der Waals surface area contributed by atoms with E-state index in [1.165, 1.54) is 5.56 Å². The molecule has 4 nitrogen and oxygen atoms in total. The van der Waals surface area contributed by atoms with Crippen LogP contribution in [0.4, 0.5) is 0 Å². The minimum Gasteiger partial charge on any atom is -0.318 e. The average molecular weight is 280 g/mol. The van der Waals surface area contributed by atoms with Gasteiger partial charge in [0.25, 0.3) is 0 Å². The summed E-state index contributed by atoms with van der Waals surface area (Å²) in [6.07, 6.45) is 1.57. The molecule has 0 aromatic heterocycles. The molecule has 1 aromatic rings. The van der Waals surface area contributed by atoms with Crippen LogP contribution in [0.25, 0.3) is 0 Å². The second-order valence-corrected chi connectivity index (χ2v) is 6.57. The van der Waals surface area contributed by atoms with E-state index in [0.717, 1.165) is 5.56 Å². The van der Waals surface area contributed by atoms with E-state index in [1.807, 2.05) is 36.9 Å². The highest BCUT2D eigenvalue weighted by Gasteiger charge is 2.35. The smallest absolute Gasteiger partial charge is 0.238 e. The van der Waals surface area contributed by atoms with E-state index in [9.17, 15) is 9.00 Å². The molecule has 1 amide bonds. The van der Waals surface area contributed by atoms with Gasteiger partial charge in [-0.2, -0.15) is 0 Å². The van der Waals surface area contributed by atoms with Crippen molar-refractivity contribution >= 4 is 16.7 Å². The molecule has 0 radical (unpaired) electrons. The van der Waals surface area contributed by atoms with E-state index in [2.05, 4.69) is 11.4 Å². The van der Waals surface area contributed by atoms with Gasteiger partial charge in [-0.15, -0.1) is 0 Å². The third-order valence-corrected chi connectivity index (χ3v) is 4.27. The maximum absolute atomic E-state index is 12.0. The first-order valence-electron chi connectivity index (χ1n) is 6.40. The van der Waals surface area contributed by atoms with Crippen molar-refractivity contribution in [1.29, 1.82) is 0 Å². The maximum Gasteiger partial charge on any atom is 0.238 e. The monoisotopic (exact) mass is 280 g/mol. The van der Waals surface area contributed by atoms with Crippen LogP contribution in [0.15, 0.2) is 24.3 Å². The molecule has 0 aliphatic carbocycles. The highest BCUT2D eigenvalue weighted by Crippen LogP contribution is 2.25. The van der Waals surface area contributed by atoms with Crippen molar-refractivity contribution in [3.8, 4) is 0 Å². The number of benzene rings is 1. The van der Waals surface area contributed by atoms with Crippen molar-refractivity contribution in [1.82, 2.24) is 10.2 Å². The minimum absolute atomic E-state index is 0.0288. The first-order valence-corrected chi connectivity index (χ1v) is 8.13. The van der Waals surface area contributed by atoms with Crippen LogP contribution in [0, 0.1) is 6.92 Å². The molecular formula is C14H20N2O2S. The Labute approximate surface area is 116 Å². The molecule has 1 aliphatic heterocycles. The van der Waals surface area contributed by atoms with Gasteiger partial charge in [0.15, 0.2) is 0 Å². The molecule has 1 aromatic carbocycles. The summed E-state index contributed by atoms with van der Waals surface area (Å²) in [6, 6.07) is 8.11. The van der Waals surface area contributed by atoms with Crippen molar-refractivity contribution in [2.45, 2.75) is 26.1 Å². The lowest BCUT2D eigenvalue weighted by molar-refractivity contribution is -0.129. The maximum atomic E-state index is 12.0. The van der Waals surface area contributed by atoms with E-state index in [4.69, 9.17) is 0 Å². The van der Waals surface area contributed by atoms with Gasteiger partial charge in [-0.05, 0) is 19.4 Å². The number of hydrogen-bond acceptors (Lipinski definition) is 3. The Morgan fingerprint density at radius 2 is 2.26 bits per heavy atom. The fourth-order valence-electron chi connectivity index (χ4n) is 2.56. The van der Waals surface area contributed by atoms with Gasteiger partial charge < -0.3 is 4.90 Å². The molecule has 0 spiro atoms. The summed E-state index contributed by atoms with van der Waals surface area (Å²) in [4.78, 5) is 13.8. The van der Waals surface area contributed by atoms with Gasteiger partial charge in [0.2, 0.25) is 5.91 Å². The summed E-state index contributed by atoms with van der Waals surface area (Å²) in [5.74, 6) is 0.583. The molecule has 3 atom stereocenters. The molecule has 5 heteroatoms. The number of rotatable bonds is 4. The SMILES string of the molecule is Cc1cccc(C2NCC(=O)N2C(C)CS(C)=O)c1. The predicted octanol–water partition coefficient (Wildman–Crippen LogP) is 1.19. The van der Waals surface area contributed by atoms with Crippen molar-refractivity contribution < 1.29 is 9.00 Å². The summed E-state index contributed by atoms with van der Waals surface area (Å²) >= 11 is 0. The zero-order valence-electron chi connectivity index (χ0n) is 11.6. The molecule has 1 N–H and O–H groups in total. The summed E-state index contributed by atoms with van der Waals surface area (Å²) < 4.78 is 11.4. The number of nitrogens with one attached hydrogen (secondary N) is 1.